The van der Waals surface area contributed by atoms with Crippen LogP contribution >= 0.6 is 15.9 Å². The van der Waals surface area contributed by atoms with Crippen molar-refractivity contribution in [3.63, 3.8) is 0 Å². The fourth-order valence-electron chi connectivity index (χ4n) is 1.62. The highest BCUT2D eigenvalue weighted by Crippen LogP contribution is 2.23. The smallest absolute Gasteiger partial charge is 0.146 e. The van der Waals surface area contributed by atoms with Gasteiger partial charge in [-0.05, 0) is 45.8 Å². The standard InChI is InChI=1S/C14H12BrF2NO/c15-12-4-5-13(16)11(14(12)17)8-19-10-3-1-2-9(6-10)7-18/h1-6H,7-8,18H2. The molecule has 100 valence electrons. The van der Waals surface area contributed by atoms with E-state index >= 15 is 0 Å². The van der Waals surface area contributed by atoms with Crippen LogP contribution in [-0.4, -0.2) is 0 Å². The van der Waals surface area contributed by atoms with Gasteiger partial charge in [0.1, 0.15) is 24.0 Å². The van der Waals surface area contributed by atoms with Crippen molar-refractivity contribution in [2.24, 2.45) is 5.73 Å². The molecule has 0 atom stereocenters. The first-order chi connectivity index (χ1) is 9.11. The van der Waals surface area contributed by atoms with Crippen molar-refractivity contribution in [3.8, 4) is 5.75 Å². The number of nitrogens with two attached hydrogens (primary N) is 1. The van der Waals surface area contributed by atoms with Gasteiger partial charge in [-0.3, -0.25) is 0 Å². The molecule has 19 heavy (non-hydrogen) atoms. The maximum Gasteiger partial charge on any atom is 0.146 e. The number of halogens is 3. The average molecular weight is 328 g/mol. The molecule has 0 heterocycles. The molecule has 0 bridgehead atoms. The molecule has 0 aliphatic rings. The minimum atomic E-state index is -0.644. The summed E-state index contributed by atoms with van der Waals surface area (Å²) in [5.74, 6) is -0.743. The monoisotopic (exact) mass is 327 g/mol. The summed E-state index contributed by atoms with van der Waals surface area (Å²) >= 11 is 3.02. The van der Waals surface area contributed by atoms with E-state index < -0.39 is 11.6 Å². The quantitative estimate of drug-likeness (QED) is 0.868. The van der Waals surface area contributed by atoms with E-state index in [2.05, 4.69) is 15.9 Å². The molecule has 0 aromatic heterocycles. The Balaban J connectivity index is 2.16. The van der Waals surface area contributed by atoms with Crippen molar-refractivity contribution >= 4 is 15.9 Å². The van der Waals surface area contributed by atoms with Crippen LogP contribution in [-0.2, 0) is 13.2 Å². The topological polar surface area (TPSA) is 35.2 Å². The number of hydrogen-bond acceptors (Lipinski definition) is 2. The van der Waals surface area contributed by atoms with Gasteiger partial charge in [-0.1, -0.05) is 12.1 Å². The lowest BCUT2D eigenvalue weighted by atomic mass is 10.2. The Kier molecular flexibility index (Phi) is 4.50. The molecule has 0 fully saturated rings. The Labute approximate surface area is 118 Å². The van der Waals surface area contributed by atoms with Gasteiger partial charge in [-0.25, -0.2) is 8.78 Å². The third-order valence-corrected chi connectivity index (χ3v) is 3.27. The number of rotatable bonds is 4. The lowest BCUT2D eigenvalue weighted by molar-refractivity contribution is 0.292. The lowest BCUT2D eigenvalue weighted by Gasteiger charge is -2.10. The predicted molar refractivity (Wildman–Crippen MR) is 72.7 cm³/mol. The fraction of sp³-hybridized carbons (Fsp3) is 0.143. The first kappa shape index (κ1) is 14.0. The van der Waals surface area contributed by atoms with Gasteiger partial charge in [-0.15, -0.1) is 0 Å². The van der Waals surface area contributed by atoms with Crippen LogP contribution in [0.15, 0.2) is 40.9 Å². The molecule has 0 saturated heterocycles. The molecule has 2 N–H and O–H groups in total. The molecular weight excluding hydrogens is 316 g/mol. The van der Waals surface area contributed by atoms with Gasteiger partial charge >= 0.3 is 0 Å². The first-order valence-electron chi connectivity index (χ1n) is 5.66. The van der Waals surface area contributed by atoms with Crippen LogP contribution in [0.25, 0.3) is 0 Å². The third-order valence-electron chi connectivity index (χ3n) is 2.66. The molecule has 0 aliphatic carbocycles. The highest BCUT2D eigenvalue weighted by atomic mass is 79.9. The van der Waals surface area contributed by atoms with Gasteiger partial charge in [0.25, 0.3) is 0 Å². The highest BCUT2D eigenvalue weighted by Gasteiger charge is 2.12. The van der Waals surface area contributed by atoms with Gasteiger partial charge < -0.3 is 10.5 Å². The van der Waals surface area contributed by atoms with Crippen molar-refractivity contribution < 1.29 is 13.5 Å². The zero-order valence-electron chi connectivity index (χ0n) is 10.00. The van der Waals surface area contributed by atoms with Crippen molar-refractivity contribution in [1.82, 2.24) is 0 Å². The van der Waals surface area contributed by atoms with Crippen LogP contribution in [0.3, 0.4) is 0 Å². The Morgan fingerprint density at radius 1 is 1.16 bits per heavy atom. The molecule has 2 rings (SSSR count). The summed E-state index contributed by atoms with van der Waals surface area (Å²) in [5, 5.41) is 0. The van der Waals surface area contributed by atoms with E-state index in [1.807, 2.05) is 6.07 Å². The number of hydrogen-bond donors (Lipinski definition) is 1. The van der Waals surface area contributed by atoms with E-state index in [1.54, 1.807) is 18.2 Å². The van der Waals surface area contributed by atoms with Gasteiger partial charge in [-0.2, -0.15) is 0 Å². The zero-order chi connectivity index (χ0) is 13.8. The predicted octanol–water partition coefficient (Wildman–Crippen LogP) is 3.77. The maximum atomic E-state index is 13.7. The second-order valence-electron chi connectivity index (χ2n) is 3.96. The normalized spacial score (nSPS) is 10.5. The second-order valence-corrected chi connectivity index (χ2v) is 4.82. The molecule has 0 amide bonds. The van der Waals surface area contributed by atoms with E-state index in [0.29, 0.717) is 12.3 Å². The molecule has 0 saturated carbocycles. The van der Waals surface area contributed by atoms with E-state index in [4.69, 9.17) is 10.5 Å². The van der Waals surface area contributed by atoms with Crippen LogP contribution in [0.2, 0.25) is 0 Å². The first-order valence-corrected chi connectivity index (χ1v) is 6.45. The van der Waals surface area contributed by atoms with E-state index in [0.717, 1.165) is 5.56 Å². The molecule has 5 heteroatoms. The van der Waals surface area contributed by atoms with Crippen LogP contribution in [0.5, 0.6) is 5.75 Å². The van der Waals surface area contributed by atoms with Gasteiger partial charge in [0, 0.05) is 6.54 Å². The third kappa shape index (κ3) is 3.30. The van der Waals surface area contributed by atoms with Gasteiger partial charge in [0.05, 0.1) is 10.0 Å². The largest absolute Gasteiger partial charge is 0.489 e. The Morgan fingerprint density at radius 3 is 2.68 bits per heavy atom. The fourth-order valence-corrected chi connectivity index (χ4v) is 1.99. The minimum absolute atomic E-state index is 0.104. The van der Waals surface area contributed by atoms with E-state index in [1.165, 1.54) is 12.1 Å². The van der Waals surface area contributed by atoms with Gasteiger partial charge in [0.15, 0.2) is 0 Å². The average Bonchev–Trinajstić information content (AvgIpc) is 2.43. The molecule has 0 spiro atoms. The molecule has 0 radical (unpaired) electrons. The SMILES string of the molecule is NCc1cccc(OCc2c(F)ccc(Br)c2F)c1. The summed E-state index contributed by atoms with van der Waals surface area (Å²) in [6, 6.07) is 9.62. The minimum Gasteiger partial charge on any atom is -0.489 e. The number of ether oxygens (including phenoxy) is 1. The van der Waals surface area contributed by atoms with Crippen LogP contribution in [0.4, 0.5) is 8.78 Å². The lowest BCUT2D eigenvalue weighted by Crippen LogP contribution is -2.03. The summed E-state index contributed by atoms with van der Waals surface area (Å²) in [6.45, 7) is 0.210. The van der Waals surface area contributed by atoms with Gasteiger partial charge in [0.2, 0.25) is 0 Å². The maximum absolute atomic E-state index is 13.7. The molecule has 2 nitrogen and oxygen atoms in total. The van der Waals surface area contributed by atoms with Crippen molar-refractivity contribution in [2.75, 3.05) is 0 Å². The Hall–Kier alpha value is -1.46. The molecule has 2 aromatic rings. The second kappa shape index (κ2) is 6.12. The summed E-state index contributed by atoms with van der Waals surface area (Å²) in [5.41, 5.74) is 6.30. The van der Waals surface area contributed by atoms with Crippen LogP contribution in [0, 0.1) is 11.6 Å². The summed E-state index contributed by atoms with van der Waals surface area (Å²) in [4.78, 5) is 0. The van der Waals surface area contributed by atoms with Crippen molar-refractivity contribution in [2.45, 2.75) is 13.2 Å². The summed E-state index contributed by atoms with van der Waals surface area (Å²) in [7, 11) is 0. The molecule has 0 aliphatic heterocycles. The summed E-state index contributed by atoms with van der Waals surface area (Å²) in [6.07, 6.45) is 0. The zero-order valence-corrected chi connectivity index (χ0v) is 11.6. The van der Waals surface area contributed by atoms with Crippen molar-refractivity contribution in [3.05, 3.63) is 63.6 Å². The van der Waals surface area contributed by atoms with Crippen molar-refractivity contribution in [1.29, 1.82) is 0 Å². The summed E-state index contributed by atoms with van der Waals surface area (Å²) < 4.78 is 32.8. The van der Waals surface area contributed by atoms with Crippen LogP contribution < -0.4 is 10.5 Å². The highest BCUT2D eigenvalue weighted by molar-refractivity contribution is 9.10. The van der Waals surface area contributed by atoms with E-state index in [-0.39, 0.29) is 16.6 Å². The molecular formula is C14H12BrF2NO. The van der Waals surface area contributed by atoms with E-state index in [9.17, 15) is 8.78 Å². The molecule has 2 aromatic carbocycles. The number of benzene rings is 2. The Bertz CT molecular complexity index is 590. The Morgan fingerprint density at radius 2 is 1.95 bits per heavy atom. The molecule has 0 unspecified atom stereocenters. The van der Waals surface area contributed by atoms with Crippen LogP contribution in [0.1, 0.15) is 11.1 Å².